The van der Waals surface area contributed by atoms with Gasteiger partial charge in [0.2, 0.25) is 0 Å². The number of hydrogen-bond acceptors (Lipinski definition) is 3. The van der Waals surface area contributed by atoms with E-state index in [9.17, 15) is 4.79 Å². The number of benzene rings is 3. The summed E-state index contributed by atoms with van der Waals surface area (Å²) in [5.41, 5.74) is 4.02. The highest BCUT2D eigenvalue weighted by Gasteiger charge is 2.23. The molecule has 1 heterocycles. The molecule has 1 atom stereocenters. The fraction of sp³-hybridized carbons (Fsp3) is 0.200. The summed E-state index contributed by atoms with van der Waals surface area (Å²) in [6.45, 7) is 5.66. The largest absolute Gasteiger partial charge is 0.481 e. The van der Waals surface area contributed by atoms with Crippen molar-refractivity contribution in [3.8, 4) is 5.75 Å². The van der Waals surface area contributed by atoms with Crippen LogP contribution in [-0.4, -0.2) is 21.8 Å². The number of ether oxygens (including phenoxy) is 1. The Hall–Kier alpha value is -3.40. The summed E-state index contributed by atoms with van der Waals surface area (Å²) in [5.74, 6) is 0.508. The van der Waals surface area contributed by atoms with E-state index in [0.717, 1.165) is 34.1 Å². The van der Waals surface area contributed by atoms with Crippen LogP contribution in [0.1, 0.15) is 34.2 Å². The SMILES string of the molecule is Cc1nn(C(=O)C(C)Oc2ccc3ccccc3c2)c(C)c1Cc1ccccc1. The molecule has 0 aliphatic heterocycles. The zero-order chi connectivity index (χ0) is 20.4. The summed E-state index contributed by atoms with van der Waals surface area (Å²) in [5, 5.41) is 6.73. The molecule has 0 saturated heterocycles. The molecule has 4 rings (SSSR count). The predicted octanol–water partition coefficient (Wildman–Crippen LogP) is 5.35. The Balaban J connectivity index is 1.54. The lowest BCUT2D eigenvalue weighted by Crippen LogP contribution is -2.30. The molecular formula is C25H24N2O2. The maximum absolute atomic E-state index is 13.0. The standard InChI is InChI=1S/C25H24N2O2/c1-17-24(15-20-9-5-4-6-10-20)18(2)27(26-17)25(28)19(3)29-23-14-13-21-11-7-8-12-22(21)16-23/h4-14,16,19H,15H2,1-3H3. The molecule has 0 aliphatic rings. The van der Waals surface area contributed by atoms with Crippen LogP contribution in [0.5, 0.6) is 5.75 Å². The number of hydrogen-bond donors (Lipinski definition) is 0. The third-order valence-electron chi connectivity index (χ3n) is 5.26. The predicted molar refractivity (Wildman–Crippen MR) is 116 cm³/mol. The monoisotopic (exact) mass is 384 g/mol. The normalized spacial score (nSPS) is 12.1. The summed E-state index contributed by atoms with van der Waals surface area (Å²) < 4.78 is 7.44. The van der Waals surface area contributed by atoms with Gasteiger partial charge in [-0.15, -0.1) is 0 Å². The van der Waals surface area contributed by atoms with Gasteiger partial charge in [0.1, 0.15) is 5.75 Å². The first kappa shape index (κ1) is 18.9. The molecule has 4 aromatic rings. The first-order valence-electron chi connectivity index (χ1n) is 9.81. The van der Waals surface area contributed by atoms with Crippen molar-refractivity contribution in [3.63, 3.8) is 0 Å². The Morgan fingerprint density at radius 2 is 1.66 bits per heavy atom. The van der Waals surface area contributed by atoms with Crippen molar-refractivity contribution in [3.05, 3.63) is 95.3 Å². The lowest BCUT2D eigenvalue weighted by Gasteiger charge is -2.15. The summed E-state index contributed by atoms with van der Waals surface area (Å²) in [4.78, 5) is 13.0. The summed E-state index contributed by atoms with van der Waals surface area (Å²) in [7, 11) is 0. The first-order valence-corrected chi connectivity index (χ1v) is 9.81. The van der Waals surface area contributed by atoms with Crippen LogP contribution in [0.4, 0.5) is 0 Å². The number of rotatable bonds is 5. The molecule has 0 fully saturated rings. The van der Waals surface area contributed by atoms with E-state index in [-0.39, 0.29) is 5.91 Å². The maximum atomic E-state index is 13.0. The van der Waals surface area contributed by atoms with Gasteiger partial charge >= 0.3 is 0 Å². The molecule has 0 spiro atoms. The minimum absolute atomic E-state index is 0.168. The van der Waals surface area contributed by atoms with Crippen LogP contribution >= 0.6 is 0 Å². The highest BCUT2D eigenvalue weighted by atomic mass is 16.5. The van der Waals surface area contributed by atoms with Crippen molar-refractivity contribution < 1.29 is 9.53 Å². The van der Waals surface area contributed by atoms with Crippen molar-refractivity contribution in [1.82, 2.24) is 9.78 Å². The number of fused-ring (bicyclic) bond motifs is 1. The fourth-order valence-electron chi connectivity index (χ4n) is 3.61. The van der Waals surface area contributed by atoms with Crippen molar-refractivity contribution >= 4 is 16.7 Å². The van der Waals surface area contributed by atoms with Gasteiger partial charge in [-0.2, -0.15) is 5.10 Å². The van der Waals surface area contributed by atoms with Gasteiger partial charge in [0.05, 0.1) is 5.69 Å². The van der Waals surface area contributed by atoms with Gasteiger partial charge in [0.25, 0.3) is 5.91 Å². The molecule has 29 heavy (non-hydrogen) atoms. The number of carbonyl (C=O) groups is 1. The van der Waals surface area contributed by atoms with Gasteiger partial charge in [0, 0.05) is 17.7 Å². The second kappa shape index (κ2) is 7.92. The van der Waals surface area contributed by atoms with Gasteiger partial charge in [-0.3, -0.25) is 4.79 Å². The van der Waals surface area contributed by atoms with Crippen molar-refractivity contribution in [2.75, 3.05) is 0 Å². The third-order valence-corrected chi connectivity index (χ3v) is 5.26. The molecule has 1 unspecified atom stereocenters. The van der Waals surface area contributed by atoms with Crippen LogP contribution in [-0.2, 0) is 6.42 Å². The van der Waals surface area contributed by atoms with E-state index in [4.69, 9.17) is 4.74 Å². The van der Waals surface area contributed by atoms with E-state index in [1.165, 1.54) is 10.2 Å². The molecule has 3 aromatic carbocycles. The number of nitrogens with zero attached hydrogens (tertiary/aromatic N) is 2. The highest BCUT2D eigenvalue weighted by molar-refractivity contribution is 5.85. The second-order valence-electron chi connectivity index (χ2n) is 7.33. The molecule has 1 aromatic heterocycles. The van der Waals surface area contributed by atoms with Crippen molar-refractivity contribution in [2.45, 2.75) is 33.3 Å². The molecule has 0 saturated carbocycles. The van der Waals surface area contributed by atoms with Crippen LogP contribution in [0, 0.1) is 13.8 Å². The Kier molecular flexibility index (Phi) is 5.17. The minimum Gasteiger partial charge on any atom is -0.481 e. The molecule has 4 heteroatoms. The van der Waals surface area contributed by atoms with Gasteiger partial charge < -0.3 is 4.74 Å². The van der Waals surface area contributed by atoms with E-state index >= 15 is 0 Å². The third kappa shape index (κ3) is 3.92. The smallest absolute Gasteiger partial charge is 0.287 e. The average molecular weight is 384 g/mol. The molecular weight excluding hydrogens is 360 g/mol. The average Bonchev–Trinajstić information content (AvgIpc) is 3.02. The Labute approximate surface area is 170 Å². The molecule has 0 radical (unpaired) electrons. The summed E-state index contributed by atoms with van der Waals surface area (Å²) in [6.07, 6.45) is 0.116. The van der Waals surface area contributed by atoms with Gasteiger partial charge in [-0.05, 0) is 49.2 Å². The molecule has 146 valence electrons. The topological polar surface area (TPSA) is 44.1 Å². The van der Waals surface area contributed by atoms with E-state index < -0.39 is 6.10 Å². The van der Waals surface area contributed by atoms with Crippen LogP contribution < -0.4 is 4.74 Å². The number of aromatic nitrogens is 2. The van der Waals surface area contributed by atoms with Crippen LogP contribution in [0.25, 0.3) is 10.8 Å². The molecule has 0 bridgehead atoms. The zero-order valence-electron chi connectivity index (χ0n) is 16.9. The quantitative estimate of drug-likeness (QED) is 0.466. The van der Waals surface area contributed by atoms with E-state index in [1.54, 1.807) is 6.92 Å². The van der Waals surface area contributed by atoms with Crippen LogP contribution in [0.2, 0.25) is 0 Å². The van der Waals surface area contributed by atoms with Crippen molar-refractivity contribution in [1.29, 1.82) is 0 Å². The minimum atomic E-state index is -0.640. The van der Waals surface area contributed by atoms with Gasteiger partial charge in [-0.1, -0.05) is 60.7 Å². The lowest BCUT2D eigenvalue weighted by molar-refractivity contribution is 0.0707. The zero-order valence-corrected chi connectivity index (χ0v) is 16.9. The highest BCUT2D eigenvalue weighted by Crippen LogP contribution is 2.23. The number of carbonyl (C=O) groups excluding carboxylic acids is 1. The van der Waals surface area contributed by atoms with E-state index in [1.807, 2.05) is 68.4 Å². The summed E-state index contributed by atoms with van der Waals surface area (Å²) in [6, 6.07) is 24.2. The van der Waals surface area contributed by atoms with E-state index in [2.05, 4.69) is 23.3 Å². The first-order chi connectivity index (χ1) is 14.0. The second-order valence-corrected chi connectivity index (χ2v) is 7.33. The van der Waals surface area contributed by atoms with E-state index in [0.29, 0.717) is 5.75 Å². The van der Waals surface area contributed by atoms with Crippen LogP contribution in [0.15, 0.2) is 72.8 Å². The molecule has 0 N–H and O–H groups in total. The van der Waals surface area contributed by atoms with Gasteiger partial charge in [0.15, 0.2) is 6.10 Å². The van der Waals surface area contributed by atoms with Crippen LogP contribution in [0.3, 0.4) is 0 Å². The molecule has 4 nitrogen and oxygen atoms in total. The fourth-order valence-corrected chi connectivity index (χ4v) is 3.61. The molecule has 0 aliphatic carbocycles. The molecule has 0 amide bonds. The Bertz CT molecular complexity index is 1160. The lowest BCUT2D eigenvalue weighted by atomic mass is 10.0. The maximum Gasteiger partial charge on any atom is 0.287 e. The van der Waals surface area contributed by atoms with Gasteiger partial charge in [-0.25, -0.2) is 4.68 Å². The Morgan fingerprint density at radius 1 is 0.966 bits per heavy atom. The van der Waals surface area contributed by atoms with Crippen molar-refractivity contribution in [2.24, 2.45) is 0 Å². The Morgan fingerprint density at radius 3 is 2.41 bits per heavy atom. The number of aryl methyl sites for hydroxylation is 1. The summed E-state index contributed by atoms with van der Waals surface area (Å²) >= 11 is 0.